The molecule has 17 heavy (non-hydrogen) atoms. The first kappa shape index (κ1) is 14.2. The molecule has 1 heterocycles. The van der Waals surface area contributed by atoms with Crippen molar-refractivity contribution in [3.63, 3.8) is 0 Å². The third kappa shape index (κ3) is 4.85. The second-order valence-corrected chi connectivity index (χ2v) is 4.43. The number of rotatable bonds is 8. The zero-order valence-corrected chi connectivity index (χ0v) is 10.9. The fraction of sp³-hybridized carbons (Fsp3) is 0.750. The van der Waals surface area contributed by atoms with Crippen molar-refractivity contribution in [2.24, 2.45) is 0 Å². The third-order valence-corrected chi connectivity index (χ3v) is 2.61. The molecule has 5 heteroatoms. The summed E-state index contributed by atoms with van der Waals surface area (Å²) >= 11 is 0. The van der Waals surface area contributed by atoms with Crippen molar-refractivity contribution in [3.05, 3.63) is 18.0 Å². The van der Waals surface area contributed by atoms with E-state index < -0.39 is 0 Å². The highest BCUT2D eigenvalue weighted by atomic mass is 16.5. The van der Waals surface area contributed by atoms with Crippen LogP contribution in [-0.4, -0.2) is 41.3 Å². The minimum absolute atomic E-state index is 0.168. The Bertz CT molecular complexity index is 306. The summed E-state index contributed by atoms with van der Waals surface area (Å²) in [7, 11) is 1.67. The number of nitrogens with one attached hydrogen (secondary N) is 1. The maximum Gasteiger partial charge on any atom is 0.0762 e. The van der Waals surface area contributed by atoms with Crippen molar-refractivity contribution < 1.29 is 9.84 Å². The minimum Gasteiger partial charge on any atom is -0.396 e. The predicted octanol–water partition coefficient (Wildman–Crippen LogP) is 0.951. The quantitative estimate of drug-likeness (QED) is 0.711. The van der Waals surface area contributed by atoms with Gasteiger partial charge < -0.3 is 15.2 Å². The van der Waals surface area contributed by atoms with E-state index in [9.17, 15) is 0 Å². The Morgan fingerprint density at radius 1 is 1.53 bits per heavy atom. The van der Waals surface area contributed by atoms with Gasteiger partial charge in [-0.15, -0.1) is 0 Å². The van der Waals surface area contributed by atoms with Gasteiger partial charge in [-0.1, -0.05) is 0 Å². The smallest absolute Gasteiger partial charge is 0.0762 e. The van der Waals surface area contributed by atoms with Crippen LogP contribution in [0.3, 0.4) is 0 Å². The third-order valence-electron chi connectivity index (χ3n) is 2.61. The van der Waals surface area contributed by atoms with Crippen molar-refractivity contribution >= 4 is 0 Å². The van der Waals surface area contributed by atoms with Gasteiger partial charge in [-0.05, 0) is 26.3 Å². The molecule has 0 amide bonds. The van der Waals surface area contributed by atoms with E-state index in [0.29, 0.717) is 25.6 Å². The van der Waals surface area contributed by atoms with Crippen LogP contribution in [0.2, 0.25) is 0 Å². The number of aromatic nitrogens is 2. The first-order valence-electron chi connectivity index (χ1n) is 6.04. The largest absolute Gasteiger partial charge is 0.396 e. The summed E-state index contributed by atoms with van der Waals surface area (Å²) in [6, 6.07) is 2.57. The summed E-state index contributed by atoms with van der Waals surface area (Å²) in [5, 5.41) is 16.7. The van der Waals surface area contributed by atoms with Crippen LogP contribution in [-0.2, 0) is 11.3 Å². The normalized spacial score (nSPS) is 13.2. The number of hydrogen-bond donors (Lipinski definition) is 2. The zero-order chi connectivity index (χ0) is 12.7. The first-order chi connectivity index (χ1) is 8.17. The summed E-state index contributed by atoms with van der Waals surface area (Å²) in [6.07, 6.45) is 2.68. The molecule has 0 aromatic carbocycles. The Morgan fingerprint density at radius 2 is 2.29 bits per heavy atom. The monoisotopic (exact) mass is 241 g/mol. The van der Waals surface area contributed by atoms with E-state index in [1.165, 1.54) is 0 Å². The van der Waals surface area contributed by atoms with Gasteiger partial charge in [-0.25, -0.2) is 0 Å². The first-order valence-corrected chi connectivity index (χ1v) is 6.04. The average Bonchev–Trinajstić information content (AvgIpc) is 2.75. The van der Waals surface area contributed by atoms with E-state index in [-0.39, 0.29) is 12.6 Å². The van der Waals surface area contributed by atoms with E-state index in [0.717, 1.165) is 5.69 Å². The van der Waals surface area contributed by atoms with Crippen LogP contribution in [0.15, 0.2) is 12.3 Å². The van der Waals surface area contributed by atoms with E-state index in [4.69, 9.17) is 9.84 Å². The lowest BCUT2D eigenvalue weighted by atomic mass is 10.2. The maximum absolute atomic E-state index is 8.92. The molecule has 1 unspecified atom stereocenters. The van der Waals surface area contributed by atoms with Gasteiger partial charge in [0.1, 0.15) is 0 Å². The Hall–Kier alpha value is -0.910. The van der Waals surface area contributed by atoms with Gasteiger partial charge in [-0.3, -0.25) is 4.68 Å². The molecule has 1 rings (SSSR count). The van der Waals surface area contributed by atoms with E-state index in [1.54, 1.807) is 7.11 Å². The van der Waals surface area contributed by atoms with Gasteiger partial charge in [0.15, 0.2) is 0 Å². The molecule has 0 aliphatic rings. The van der Waals surface area contributed by atoms with Gasteiger partial charge in [0.2, 0.25) is 0 Å². The summed E-state index contributed by atoms with van der Waals surface area (Å²) in [6.45, 7) is 5.67. The van der Waals surface area contributed by atoms with Crippen molar-refractivity contribution in [1.82, 2.24) is 15.1 Å². The lowest BCUT2D eigenvalue weighted by molar-refractivity contribution is 0.147. The van der Waals surface area contributed by atoms with Crippen LogP contribution in [0.5, 0.6) is 0 Å². The standard InChI is InChI=1S/C12H23N3O2/c1-10(2)15-6-4-11(14-15)8-13-12(5-7-16)9-17-3/h4,6,10,12-13,16H,5,7-9H2,1-3H3. The van der Waals surface area contributed by atoms with Crippen LogP contribution in [0.25, 0.3) is 0 Å². The van der Waals surface area contributed by atoms with Crippen molar-refractivity contribution in [2.75, 3.05) is 20.3 Å². The highest BCUT2D eigenvalue weighted by Gasteiger charge is 2.08. The van der Waals surface area contributed by atoms with Gasteiger partial charge in [-0.2, -0.15) is 5.10 Å². The molecule has 1 aromatic heterocycles. The SMILES string of the molecule is COCC(CCO)NCc1ccn(C(C)C)n1. The van der Waals surface area contributed by atoms with Crippen LogP contribution >= 0.6 is 0 Å². The van der Waals surface area contributed by atoms with Crippen LogP contribution < -0.4 is 5.32 Å². The number of nitrogens with zero attached hydrogens (tertiary/aromatic N) is 2. The van der Waals surface area contributed by atoms with E-state index in [2.05, 4.69) is 24.3 Å². The Balaban J connectivity index is 2.41. The van der Waals surface area contributed by atoms with Gasteiger partial charge in [0.05, 0.1) is 12.3 Å². The van der Waals surface area contributed by atoms with Crippen molar-refractivity contribution in [1.29, 1.82) is 0 Å². The lowest BCUT2D eigenvalue weighted by Gasteiger charge is -2.15. The Labute approximate surface area is 103 Å². The van der Waals surface area contributed by atoms with Gasteiger partial charge in [0, 0.05) is 38.5 Å². The van der Waals surface area contributed by atoms with Gasteiger partial charge in [0.25, 0.3) is 0 Å². The molecule has 0 saturated heterocycles. The highest BCUT2D eigenvalue weighted by Crippen LogP contribution is 2.04. The molecule has 2 N–H and O–H groups in total. The maximum atomic E-state index is 8.92. The molecule has 0 radical (unpaired) electrons. The topological polar surface area (TPSA) is 59.3 Å². The Morgan fingerprint density at radius 3 is 2.82 bits per heavy atom. The van der Waals surface area contributed by atoms with Crippen LogP contribution in [0.4, 0.5) is 0 Å². The molecular formula is C12H23N3O2. The fourth-order valence-electron chi connectivity index (χ4n) is 1.61. The molecular weight excluding hydrogens is 218 g/mol. The number of aliphatic hydroxyl groups excluding tert-OH is 1. The molecule has 5 nitrogen and oxygen atoms in total. The van der Waals surface area contributed by atoms with Crippen molar-refractivity contribution in [3.8, 4) is 0 Å². The molecule has 0 spiro atoms. The lowest BCUT2D eigenvalue weighted by Crippen LogP contribution is -2.33. The highest BCUT2D eigenvalue weighted by molar-refractivity contribution is 4.99. The summed E-state index contributed by atoms with van der Waals surface area (Å²) < 4.78 is 7.03. The zero-order valence-electron chi connectivity index (χ0n) is 10.9. The van der Waals surface area contributed by atoms with Crippen LogP contribution in [0, 0.1) is 0 Å². The molecule has 1 aromatic rings. The molecule has 0 aliphatic carbocycles. The van der Waals surface area contributed by atoms with Crippen LogP contribution in [0.1, 0.15) is 32.0 Å². The fourth-order valence-corrected chi connectivity index (χ4v) is 1.61. The number of ether oxygens (including phenoxy) is 1. The second kappa shape index (κ2) is 7.42. The summed E-state index contributed by atoms with van der Waals surface area (Å²) in [5.41, 5.74) is 1.01. The molecule has 0 fully saturated rings. The molecule has 0 bridgehead atoms. The Kier molecular flexibility index (Phi) is 6.18. The number of hydrogen-bond acceptors (Lipinski definition) is 4. The molecule has 0 saturated carbocycles. The molecule has 98 valence electrons. The number of aliphatic hydroxyl groups is 1. The van der Waals surface area contributed by atoms with Crippen molar-refractivity contribution in [2.45, 2.75) is 38.9 Å². The van der Waals surface area contributed by atoms with Gasteiger partial charge >= 0.3 is 0 Å². The predicted molar refractivity (Wildman–Crippen MR) is 66.8 cm³/mol. The molecule has 1 atom stereocenters. The molecule has 0 aliphatic heterocycles. The number of methoxy groups -OCH3 is 1. The minimum atomic E-state index is 0.168. The van der Waals surface area contributed by atoms with E-state index in [1.807, 2.05) is 16.9 Å². The van der Waals surface area contributed by atoms with E-state index >= 15 is 0 Å². The average molecular weight is 241 g/mol. The second-order valence-electron chi connectivity index (χ2n) is 4.43. The summed E-state index contributed by atoms with van der Waals surface area (Å²) in [5.74, 6) is 0. The summed E-state index contributed by atoms with van der Waals surface area (Å²) in [4.78, 5) is 0.